The first-order valence-corrected chi connectivity index (χ1v) is 25.6. The zero-order valence-corrected chi connectivity index (χ0v) is 54.9. The van der Waals surface area contributed by atoms with Gasteiger partial charge in [0.25, 0.3) is 60.7 Å². The minimum Gasteiger partial charge on any atom is -0.507 e. The molecule has 6 radical (unpaired) electrons. The molecule has 0 atom stereocenters. The maximum Gasteiger partial charge on any atom is 0.296 e. The van der Waals surface area contributed by atoms with Crippen molar-refractivity contribution < 1.29 is 88.0 Å². The van der Waals surface area contributed by atoms with Crippen LogP contribution >= 0.6 is 0 Å². The summed E-state index contributed by atoms with van der Waals surface area (Å²) in [5.74, 6) is -1.66. The van der Waals surface area contributed by atoms with E-state index in [1.807, 2.05) is 0 Å². The molecule has 0 amide bonds. The third-order valence-corrected chi connectivity index (χ3v) is 14.4. The Morgan fingerprint density at radius 3 is 0.889 bits per heavy atom. The van der Waals surface area contributed by atoms with E-state index in [1.165, 1.54) is 0 Å². The number of azo groups is 2. The number of phenols is 2. The zero-order valence-electron chi connectivity index (χ0n) is 38.0. The largest absolute Gasteiger partial charge is 0.507 e. The van der Waals surface area contributed by atoms with E-state index in [0.717, 1.165) is 72.8 Å². The molecule has 0 saturated carbocycles. The van der Waals surface area contributed by atoms with Crippen LogP contribution in [0.5, 0.6) is 11.5 Å². The van der Waals surface area contributed by atoms with Gasteiger partial charge in [-0.05, 0) is 71.8 Å². The molecule has 0 aromatic heterocycles. The molecule has 72 heavy (non-hydrogen) atoms. The molecule has 0 fully saturated rings. The van der Waals surface area contributed by atoms with Crippen LogP contribution in [0.2, 0.25) is 0 Å². The molecular formula is C34H26N6Na6O20S6. The molecular weight excluding hydrogens is 1140 g/mol. The van der Waals surface area contributed by atoms with Crippen molar-refractivity contribution >= 4 is 306 Å². The van der Waals surface area contributed by atoms with Crippen LogP contribution in [0.15, 0.2) is 123 Å². The molecule has 0 saturated heterocycles. The molecule has 0 unspecified atom stereocenters. The Labute approximate surface area is 541 Å². The van der Waals surface area contributed by atoms with Crippen LogP contribution in [-0.4, -0.2) is 265 Å². The van der Waals surface area contributed by atoms with Gasteiger partial charge in [0.05, 0.1) is 44.9 Å². The van der Waals surface area contributed by atoms with E-state index < -0.39 is 146 Å². The molecule has 0 aliphatic carbocycles. The number of aromatic hydroxyl groups is 2. The number of nitrogens with two attached hydrogens (primary N) is 2. The smallest absolute Gasteiger partial charge is 0.296 e. The topological polar surface area (TPSA) is 468 Å². The van der Waals surface area contributed by atoms with Crippen molar-refractivity contribution in [3.05, 3.63) is 83.9 Å². The number of nitrogens with zero attached hydrogens (tertiary/aromatic N) is 4. The van der Waals surface area contributed by atoms with Crippen molar-refractivity contribution in [1.29, 1.82) is 0 Å². The fourth-order valence-corrected chi connectivity index (χ4v) is 10.6. The Balaban J connectivity index is 0.00000840. The second-order valence-corrected chi connectivity index (χ2v) is 21.6. The van der Waals surface area contributed by atoms with Gasteiger partial charge in [-0.1, -0.05) is 24.3 Å². The van der Waals surface area contributed by atoms with Crippen molar-refractivity contribution in [2.75, 3.05) is 11.5 Å². The normalized spacial score (nSPS) is 12.4. The van der Waals surface area contributed by atoms with Gasteiger partial charge < -0.3 is 21.7 Å². The Morgan fingerprint density at radius 2 is 0.625 bits per heavy atom. The number of hydrogen-bond donors (Lipinski definition) is 10. The van der Waals surface area contributed by atoms with E-state index in [1.54, 1.807) is 0 Å². The molecule has 0 bridgehead atoms. The monoisotopic (exact) mass is 1170 g/mol. The van der Waals surface area contributed by atoms with Crippen molar-refractivity contribution in [3.8, 4) is 11.5 Å². The minimum absolute atomic E-state index is 0. The molecule has 0 aliphatic heterocycles. The summed E-state index contributed by atoms with van der Waals surface area (Å²) >= 11 is 0. The van der Waals surface area contributed by atoms with Crippen molar-refractivity contribution in [2.24, 2.45) is 20.5 Å². The average molecular weight is 1170 g/mol. The number of anilines is 2. The van der Waals surface area contributed by atoms with Gasteiger partial charge in [-0.2, -0.15) is 60.7 Å². The molecule has 6 aromatic carbocycles. The van der Waals surface area contributed by atoms with Crippen LogP contribution < -0.4 is 11.5 Å². The standard InChI is InChI=1S/C34H26N6O20S6.6Na/c35-33-27(65(55,56)57)13-25(63(49,50)51)29-19(7-9-21(41)31(29)33)39-37-17-5-3-15(23(11-17)61(43,44)45)1-2-16-4-6-18(12-24(16)62(46,47)48)38-40-20-8-10-22(42)32-30(20)26(64(52,53)54)14-28(34(32)36)66(58,59)60;;;;;;/h1-14,41-42H,35-36H2,(H,43,44,45)(H,46,47,48)(H,49,50,51)(H,52,53,54)(H,55,56,57)(H,58,59,60);;;;;;. The van der Waals surface area contributed by atoms with Crippen LogP contribution in [0, 0.1) is 0 Å². The van der Waals surface area contributed by atoms with Crippen LogP contribution in [0.3, 0.4) is 0 Å². The third kappa shape index (κ3) is 16.0. The molecule has 26 nitrogen and oxygen atoms in total. The molecule has 38 heteroatoms. The van der Waals surface area contributed by atoms with Gasteiger partial charge in [0, 0.05) is 188 Å². The number of fused-ring (bicyclic) bond motifs is 2. The van der Waals surface area contributed by atoms with Gasteiger partial charge in [0.15, 0.2) is 0 Å². The SMILES string of the molecule is Nc1c(S(=O)(=O)O)cc(S(=O)(=O)O)c2c(N=Nc3ccc(C=Cc4ccc(N=Nc5ccc(O)c6c(N)c(S(=O)(=O)O)cc(S(=O)(=O)O)c56)cc4S(=O)(=O)O)c(S(=O)(=O)O)c3)ccc(O)c12.[Na].[Na].[Na].[Na].[Na].[Na]. The Bertz CT molecular complexity index is 3690. The van der Waals surface area contributed by atoms with Gasteiger partial charge in [-0.3, -0.25) is 27.3 Å². The first-order valence-electron chi connectivity index (χ1n) is 17.0. The van der Waals surface area contributed by atoms with E-state index >= 15 is 0 Å². The van der Waals surface area contributed by atoms with Gasteiger partial charge in [-0.25, -0.2) is 0 Å². The minimum atomic E-state index is -5.35. The van der Waals surface area contributed by atoms with Gasteiger partial charge in [-0.15, -0.1) is 10.2 Å². The van der Waals surface area contributed by atoms with E-state index in [4.69, 9.17) is 11.5 Å². The molecule has 0 aliphatic rings. The van der Waals surface area contributed by atoms with Crippen molar-refractivity contribution in [3.63, 3.8) is 0 Å². The predicted molar refractivity (Wildman–Crippen MR) is 264 cm³/mol. The second-order valence-electron chi connectivity index (χ2n) is 13.3. The first kappa shape index (κ1) is 71.4. The summed E-state index contributed by atoms with van der Waals surface area (Å²) in [7, 11) is -31.5. The van der Waals surface area contributed by atoms with Gasteiger partial charge in [0.2, 0.25) is 0 Å². The summed E-state index contributed by atoms with van der Waals surface area (Å²) in [5.41, 5.74) is 7.45. The fraction of sp³-hybridized carbons (Fsp3) is 0. The Hall–Kier alpha value is -0.560. The number of rotatable bonds is 12. The fourth-order valence-electron chi connectivity index (χ4n) is 6.29. The Morgan fingerprint density at radius 1 is 0.347 bits per heavy atom. The number of benzene rings is 6. The average Bonchev–Trinajstić information content (AvgIpc) is 3.17. The molecule has 0 heterocycles. The summed E-state index contributed by atoms with van der Waals surface area (Å²) in [5, 5.41) is 33.3. The summed E-state index contributed by atoms with van der Waals surface area (Å²) in [6.45, 7) is 0. The molecule has 354 valence electrons. The van der Waals surface area contributed by atoms with Crippen LogP contribution in [-0.2, 0) is 60.7 Å². The molecule has 12 N–H and O–H groups in total. The Kier molecular flexibility index (Phi) is 26.2. The van der Waals surface area contributed by atoms with E-state index in [2.05, 4.69) is 20.5 Å². The van der Waals surface area contributed by atoms with Crippen molar-refractivity contribution in [1.82, 2.24) is 0 Å². The first-order chi connectivity index (χ1) is 30.2. The van der Waals surface area contributed by atoms with Gasteiger partial charge in [0.1, 0.15) is 40.9 Å². The number of phenolic OH excluding ortho intramolecular Hbond substituents is 2. The summed E-state index contributed by atoms with van der Waals surface area (Å²) in [6, 6.07) is 9.88. The predicted octanol–water partition coefficient (Wildman–Crippen LogP) is 2.77. The zero-order chi connectivity index (χ0) is 49.3. The van der Waals surface area contributed by atoms with Crippen molar-refractivity contribution in [2.45, 2.75) is 29.4 Å². The second kappa shape index (κ2) is 26.4. The number of hydrogen-bond acceptors (Lipinski definition) is 20. The van der Waals surface area contributed by atoms with E-state index in [-0.39, 0.29) is 212 Å². The van der Waals surface area contributed by atoms with Crippen LogP contribution in [0.1, 0.15) is 11.1 Å². The molecule has 6 rings (SSSR count). The quantitative estimate of drug-likeness (QED) is 0.0277. The summed E-state index contributed by atoms with van der Waals surface area (Å²) in [6.07, 6.45) is 1.92. The number of nitrogen functional groups attached to an aromatic ring is 2. The third-order valence-electron chi connectivity index (χ3n) is 9.06. The van der Waals surface area contributed by atoms with Crippen LogP contribution in [0.25, 0.3) is 33.7 Å². The van der Waals surface area contributed by atoms with Gasteiger partial charge >= 0.3 is 0 Å². The van der Waals surface area contributed by atoms with E-state index in [9.17, 15) is 88.0 Å². The van der Waals surface area contributed by atoms with E-state index in [0.29, 0.717) is 0 Å². The maximum atomic E-state index is 12.5. The summed E-state index contributed by atoms with van der Waals surface area (Å²) < 4.78 is 206. The van der Waals surface area contributed by atoms with Crippen LogP contribution in [0.4, 0.5) is 34.1 Å². The molecule has 0 spiro atoms. The maximum absolute atomic E-state index is 12.5. The summed E-state index contributed by atoms with van der Waals surface area (Å²) in [4.78, 5) is -6.58. The molecule has 6 aromatic rings.